The molecule has 0 atom stereocenters. The van der Waals surface area contributed by atoms with Gasteiger partial charge in [-0.2, -0.15) is 0 Å². The first-order chi connectivity index (χ1) is 11.4. The second-order valence-corrected chi connectivity index (χ2v) is 5.79. The lowest BCUT2D eigenvalue weighted by molar-refractivity contribution is 1.20. The largest absolute Gasteiger partial charge is 0.309 e. The van der Waals surface area contributed by atoms with Crippen LogP contribution >= 0.6 is 0 Å². The number of fused-ring (bicyclic) bond motifs is 4. The Bertz CT molecular complexity index is 1110. The highest BCUT2D eigenvalue weighted by atomic mass is 15.0. The second kappa shape index (κ2) is 4.72. The maximum absolute atomic E-state index is 3.22. The van der Waals surface area contributed by atoms with Gasteiger partial charge in [-0.05, 0) is 35.7 Å². The highest BCUT2D eigenvalue weighted by Crippen LogP contribution is 2.34. The van der Waals surface area contributed by atoms with Crippen molar-refractivity contribution in [2.75, 3.05) is 0 Å². The Hall–Kier alpha value is -3.06. The van der Waals surface area contributed by atoms with Gasteiger partial charge in [0.05, 0.1) is 16.7 Å². The van der Waals surface area contributed by atoms with Crippen molar-refractivity contribution >= 4 is 32.6 Å². The van der Waals surface area contributed by atoms with Gasteiger partial charge in [0.1, 0.15) is 0 Å². The van der Waals surface area contributed by atoms with Crippen LogP contribution in [0.25, 0.3) is 38.3 Å². The van der Waals surface area contributed by atoms with E-state index in [1.165, 1.54) is 38.3 Å². The third-order valence-corrected chi connectivity index (χ3v) is 4.52. The van der Waals surface area contributed by atoms with E-state index in [1.807, 2.05) is 6.07 Å². The molecule has 0 aliphatic carbocycles. The van der Waals surface area contributed by atoms with Gasteiger partial charge in [0.25, 0.3) is 0 Å². The molecule has 0 aliphatic rings. The molecule has 23 heavy (non-hydrogen) atoms. The fourth-order valence-electron chi connectivity index (χ4n) is 3.52. The summed E-state index contributed by atoms with van der Waals surface area (Å²) in [4.78, 5) is 0. The molecule has 0 saturated heterocycles. The molecule has 5 rings (SSSR count). The van der Waals surface area contributed by atoms with Gasteiger partial charge in [0.2, 0.25) is 0 Å². The van der Waals surface area contributed by atoms with Crippen LogP contribution in [-0.4, -0.2) is 4.57 Å². The third kappa shape index (κ3) is 1.74. The molecule has 0 bridgehead atoms. The summed E-state index contributed by atoms with van der Waals surface area (Å²) in [6.07, 6.45) is 0. The minimum atomic E-state index is 1.22. The second-order valence-electron chi connectivity index (χ2n) is 5.79. The number of para-hydroxylation sites is 1. The molecule has 1 aromatic heterocycles. The van der Waals surface area contributed by atoms with Gasteiger partial charge in [0.15, 0.2) is 0 Å². The average molecular weight is 292 g/mol. The van der Waals surface area contributed by atoms with Crippen molar-refractivity contribution in [1.29, 1.82) is 0 Å². The summed E-state index contributed by atoms with van der Waals surface area (Å²) < 4.78 is 2.36. The van der Waals surface area contributed by atoms with Crippen molar-refractivity contribution in [3.05, 3.63) is 91.0 Å². The molecule has 1 heteroatoms. The highest BCUT2D eigenvalue weighted by Gasteiger charge is 2.12. The summed E-state index contributed by atoms with van der Waals surface area (Å²) in [5.74, 6) is 0. The Labute approximate surface area is 134 Å². The first kappa shape index (κ1) is 12.5. The van der Waals surface area contributed by atoms with Crippen molar-refractivity contribution in [2.24, 2.45) is 0 Å². The molecule has 0 unspecified atom stereocenters. The van der Waals surface area contributed by atoms with Gasteiger partial charge in [-0.1, -0.05) is 60.7 Å². The Morgan fingerprint density at radius 3 is 2.30 bits per heavy atom. The molecule has 0 spiro atoms. The number of benzene rings is 4. The lowest BCUT2D eigenvalue weighted by atomic mass is 10.1. The molecule has 107 valence electrons. The Morgan fingerprint density at radius 1 is 0.609 bits per heavy atom. The summed E-state index contributed by atoms with van der Waals surface area (Å²) in [6, 6.07) is 33.1. The zero-order valence-corrected chi connectivity index (χ0v) is 12.5. The molecular weight excluding hydrogens is 278 g/mol. The first-order valence-electron chi connectivity index (χ1n) is 7.81. The maximum atomic E-state index is 3.22. The molecule has 0 N–H and O–H groups in total. The molecule has 0 amide bonds. The molecule has 1 nitrogen and oxygen atoms in total. The van der Waals surface area contributed by atoms with E-state index in [9.17, 15) is 0 Å². The van der Waals surface area contributed by atoms with Crippen LogP contribution in [0.1, 0.15) is 0 Å². The van der Waals surface area contributed by atoms with E-state index in [0.29, 0.717) is 0 Å². The number of hydrogen-bond donors (Lipinski definition) is 0. The zero-order valence-electron chi connectivity index (χ0n) is 12.5. The Balaban J connectivity index is 2.03. The first-order valence-corrected chi connectivity index (χ1v) is 7.81. The van der Waals surface area contributed by atoms with Crippen molar-refractivity contribution in [3.63, 3.8) is 0 Å². The predicted octanol–water partition coefficient (Wildman–Crippen LogP) is 5.74. The van der Waals surface area contributed by atoms with Gasteiger partial charge >= 0.3 is 0 Å². The van der Waals surface area contributed by atoms with E-state index in [-0.39, 0.29) is 0 Å². The van der Waals surface area contributed by atoms with Crippen molar-refractivity contribution in [3.8, 4) is 5.69 Å². The molecule has 1 heterocycles. The monoisotopic (exact) mass is 292 g/mol. The standard InChI is InChI=1S/C22H14N/c1-2-10-17-16(8-1)9-7-15-20(17)23-21-13-5-3-11-18(21)19-12-4-6-14-22(19)23/h1-3,5-15H. The van der Waals surface area contributed by atoms with E-state index >= 15 is 0 Å². The lowest BCUT2D eigenvalue weighted by Gasteiger charge is -2.11. The van der Waals surface area contributed by atoms with Crippen LogP contribution in [0, 0.1) is 6.07 Å². The number of rotatable bonds is 1. The van der Waals surface area contributed by atoms with Gasteiger partial charge in [-0.3, -0.25) is 0 Å². The minimum absolute atomic E-state index is 1.22. The molecule has 0 saturated carbocycles. The van der Waals surface area contributed by atoms with E-state index in [2.05, 4.69) is 89.5 Å². The fourth-order valence-corrected chi connectivity index (χ4v) is 3.52. The molecule has 0 fully saturated rings. The number of aromatic nitrogens is 1. The topological polar surface area (TPSA) is 4.93 Å². The molecule has 5 aromatic rings. The van der Waals surface area contributed by atoms with Gasteiger partial charge in [-0.25, -0.2) is 0 Å². The summed E-state index contributed by atoms with van der Waals surface area (Å²) >= 11 is 0. The van der Waals surface area contributed by atoms with Crippen molar-refractivity contribution < 1.29 is 0 Å². The normalized spacial score (nSPS) is 11.5. The smallest absolute Gasteiger partial charge is 0.0541 e. The van der Waals surface area contributed by atoms with Crippen LogP contribution in [0.2, 0.25) is 0 Å². The van der Waals surface area contributed by atoms with Crippen LogP contribution in [0.5, 0.6) is 0 Å². The summed E-state index contributed by atoms with van der Waals surface area (Å²) in [6.45, 7) is 0. The summed E-state index contributed by atoms with van der Waals surface area (Å²) in [5, 5.41) is 5.05. The third-order valence-electron chi connectivity index (χ3n) is 4.52. The lowest BCUT2D eigenvalue weighted by Crippen LogP contribution is -1.94. The molecule has 4 aromatic carbocycles. The van der Waals surface area contributed by atoms with E-state index in [4.69, 9.17) is 0 Å². The van der Waals surface area contributed by atoms with Crippen LogP contribution in [0.15, 0.2) is 84.9 Å². The quantitative estimate of drug-likeness (QED) is 0.371. The maximum Gasteiger partial charge on any atom is 0.0541 e. The van der Waals surface area contributed by atoms with E-state index < -0.39 is 0 Å². The van der Waals surface area contributed by atoms with Crippen molar-refractivity contribution in [2.45, 2.75) is 0 Å². The van der Waals surface area contributed by atoms with E-state index in [0.717, 1.165) is 0 Å². The number of nitrogens with zero attached hydrogens (tertiary/aromatic N) is 1. The fraction of sp³-hybridized carbons (Fsp3) is 0. The summed E-state index contributed by atoms with van der Waals surface area (Å²) in [7, 11) is 0. The van der Waals surface area contributed by atoms with Crippen LogP contribution in [0.4, 0.5) is 0 Å². The molecular formula is C22H14N. The minimum Gasteiger partial charge on any atom is -0.309 e. The van der Waals surface area contributed by atoms with Crippen LogP contribution < -0.4 is 0 Å². The van der Waals surface area contributed by atoms with Crippen LogP contribution in [0.3, 0.4) is 0 Å². The molecule has 0 aliphatic heterocycles. The highest BCUT2D eigenvalue weighted by molar-refractivity contribution is 6.10. The van der Waals surface area contributed by atoms with E-state index in [1.54, 1.807) is 0 Å². The van der Waals surface area contributed by atoms with Gasteiger partial charge in [0, 0.05) is 16.2 Å². The van der Waals surface area contributed by atoms with Crippen LogP contribution in [-0.2, 0) is 0 Å². The van der Waals surface area contributed by atoms with Gasteiger partial charge < -0.3 is 4.57 Å². The Morgan fingerprint density at radius 2 is 1.35 bits per heavy atom. The SMILES string of the molecule is [c]1ccc2c(c1)c1ccccc1n2-c1cccc2ccccc12. The summed E-state index contributed by atoms with van der Waals surface area (Å²) in [5.41, 5.74) is 3.68. The average Bonchev–Trinajstić information content (AvgIpc) is 2.96. The zero-order chi connectivity index (χ0) is 15.2. The number of hydrogen-bond acceptors (Lipinski definition) is 0. The van der Waals surface area contributed by atoms with Crippen molar-refractivity contribution in [1.82, 2.24) is 4.57 Å². The van der Waals surface area contributed by atoms with Gasteiger partial charge in [-0.15, -0.1) is 0 Å². The molecule has 1 radical (unpaired) electrons. The predicted molar refractivity (Wildman–Crippen MR) is 97.1 cm³/mol. The Kier molecular flexibility index (Phi) is 2.56.